The summed E-state index contributed by atoms with van der Waals surface area (Å²) in [6.07, 6.45) is 0. The lowest BCUT2D eigenvalue weighted by atomic mass is 10.2. The van der Waals surface area contributed by atoms with Crippen LogP contribution in [0.15, 0.2) is 22.5 Å². The number of morpholine rings is 1. The third-order valence-corrected chi connectivity index (χ3v) is 4.00. The van der Waals surface area contributed by atoms with Gasteiger partial charge in [0, 0.05) is 38.3 Å². The van der Waals surface area contributed by atoms with Gasteiger partial charge >= 0.3 is 0 Å². The summed E-state index contributed by atoms with van der Waals surface area (Å²) in [6, 6.07) is 3.93. The average molecular weight is 350 g/mol. The second-order valence-electron chi connectivity index (χ2n) is 5.58. The van der Waals surface area contributed by atoms with Crippen molar-refractivity contribution in [1.29, 1.82) is 0 Å². The molecular formula is C18H30N4O3. The van der Waals surface area contributed by atoms with Crippen molar-refractivity contribution in [2.24, 2.45) is 10.3 Å². The number of nitrogens with zero attached hydrogens (tertiary/aromatic N) is 4. The zero-order chi connectivity index (χ0) is 18.1. The van der Waals surface area contributed by atoms with Crippen LogP contribution in [-0.4, -0.2) is 57.6 Å². The van der Waals surface area contributed by atoms with Gasteiger partial charge in [0.05, 0.1) is 32.1 Å². The summed E-state index contributed by atoms with van der Waals surface area (Å²) in [4.78, 5) is 2.27. The molecule has 1 aromatic carbocycles. The van der Waals surface area contributed by atoms with E-state index in [1.54, 1.807) is 0 Å². The second-order valence-corrected chi connectivity index (χ2v) is 5.58. The van der Waals surface area contributed by atoms with Gasteiger partial charge in [0.1, 0.15) is 17.2 Å². The van der Waals surface area contributed by atoms with Gasteiger partial charge in [-0.3, -0.25) is 5.01 Å². The summed E-state index contributed by atoms with van der Waals surface area (Å²) in [5.74, 6) is 1.53. The predicted octanol–water partition coefficient (Wildman–Crippen LogP) is 3.66. The van der Waals surface area contributed by atoms with Crippen molar-refractivity contribution < 1.29 is 14.2 Å². The lowest BCUT2D eigenvalue weighted by molar-refractivity contribution is 0.122. The van der Waals surface area contributed by atoms with Gasteiger partial charge in [-0.25, -0.2) is 0 Å². The Hall–Kier alpha value is -2.02. The van der Waals surface area contributed by atoms with Gasteiger partial charge in [0.15, 0.2) is 0 Å². The van der Waals surface area contributed by atoms with Crippen LogP contribution in [0.3, 0.4) is 0 Å². The number of rotatable bonds is 9. The van der Waals surface area contributed by atoms with E-state index in [4.69, 9.17) is 14.2 Å². The van der Waals surface area contributed by atoms with E-state index in [9.17, 15) is 0 Å². The first-order chi connectivity index (χ1) is 12.2. The second kappa shape index (κ2) is 10.1. The Bertz CT molecular complexity index is 555. The first-order valence-corrected chi connectivity index (χ1v) is 9.16. The number of hydrogen-bond donors (Lipinski definition) is 0. The fourth-order valence-corrected chi connectivity index (χ4v) is 2.67. The van der Waals surface area contributed by atoms with Crippen molar-refractivity contribution in [1.82, 2.24) is 5.01 Å². The first-order valence-electron chi connectivity index (χ1n) is 9.16. The largest absolute Gasteiger partial charge is 0.492 e. The number of hydrogen-bond acceptors (Lipinski definition) is 6. The molecule has 1 saturated heterocycles. The molecule has 1 aliphatic rings. The molecule has 1 aromatic rings. The Morgan fingerprint density at radius 3 is 2.24 bits per heavy atom. The third-order valence-electron chi connectivity index (χ3n) is 4.00. The maximum atomic E-state index is 5.87. The predicted molar refractivity (Wildman–Crippen MR) is 99.2 cm³/mol. The number of ether oxygens (including phenoxy) is 3. The fraction of sp³-hybridized carbons (Fsp3) is 0.667. The molecule has 1 aliphatic heterocycles. The van der Waals surface area contributed by atoms with E-state index >= 15 is 0 Å². The topological polar surface area (TPSA) is 58.9 Å². The van der Waals surface area contributed by atoms with E-state index in [0.29, 0.717) is 18.9 Å². The van der Waals surface area contributed by atoms with Crippen LogP contribution in [0.5, 0.6) is 11.5 Å². The van der Waals surface area contributed by atoms with Crippen LogP contribution >= 0.6 is 0 Å². The van der Waals surface area contributed by atoms with Crippen LogP contribution in [0.25, 0.3) is 0 Å². The monoisotopic (exact) mass is 350 g/mol. The van der Waals surface area contributed by atoms with Gasteiger partial charge in [-0.2, -0.15) is 0 Å². The molecule has 0 bridgehead atoms. The van der Waals surface area contributed by atoms with Crippen molar-refractivity contribution in [3.63, 3.8) is 0 Å². The SMILES string of the molecule is CCOc1cc(N2CCOCC2)c(OCC)cc1N=NN(CC)CC. The van der Waals surface area contributed by atoms with Crippen LogP contribution in [0, 0.1) is 0 Å². The third kappa shape index (κ3) is 5.22. The summed E-state index contributed by atoms with van der Waals surface area (Å²) in [7, 11) is 0. The zero-order valence-corrected chi connectivity index (χ0v) is 15.8. The molecule has 0 spiro atoms. The minimum atomic E-state index is 0.574. The molecule has 0 aliphatic carbocycles. The highest BCUT2D eigenvalue weighted by Crippen LogP contribution is 2.40. The van der Waals surface area contributed by atoms with Gasteiger partial charge in [-0.05, 0) is 27.7 Å². The molecule has 1 fully saturated rings. The molecule has 0 atom stereocenters. The highest BCUT2D eigenvalue weighted by atomic mass is 16.5. The quantitative estimate of drug-likeness (QED) is 0.502. The van der Waals surface area contributed by atoms with E-state index in [2.05, 4.69) is 29.1 Å². The lowest BCUT2D eigenvalue weighted by Gasteiger charge is -2.30. The van der Waals surface area contributed by atoms with Gasteiger partial charge < -0.3 is 19.1 Å². The molecule has 0 aromatic heterocycles. The van der Waals surface area contributed by atoms with Crippen LogP contribution in [-0.2, 0) is 4.74 Å². The molecule has 25 heavy (non-hydrogen) atoms. The summed E-state index contributed by atoms with van der Waals surface area (Å²) in [6.45, 7) is 14.0. The number of benzene rings is 1. The maximum absolute atomic E-state index is 5.87. The normalized spacial score (nSPS) is 14.8. The average Bonchev–Trinajstić information content (AvgIpc) is 2.65. The Morgan fingerprint density at radius 1 is 1.00 bits per heavy atom. The molecular weight excluding hydrogens is 320 g/mol. The molecule has 2 rings (SSSR count). The van der Waals surface area contributed by atoms with Crippen molar-refractivity contribution in [2.75, 3.05) is 57.5 Å². The Kier molecular flexibility index (Phi) is 7.78. The molecule has 0 saturated carbocycles. The van der Waals surface area contributed by atoms with Gasteiger partial charge in [0.25, 0.3) is 0 Å². The van der Waals surface area contributed by atoms with Crippen LogP contribution in [0.4, 0.5) is 11.4 Å². The van der Waals surface area contributed by atoms with Crippen LogP contribution < -0.4 is 14.4 Å². The highest BCUT2D eigenvalue weighted by molar-refractivity contribution is 5.70. The molecule has 0 unspecified atom stereocenters. The van der Waals surface area contributed by atoms with Crippen molar-refractivity contribution >= 4 is 11.4 Å². The fourth-order valence-electron chi connectivity index (χ4n) is 2.67. The summed E-state index contributed by atoms with van der Waals surface area (Å²) in [5, 5.41) is 10.6. The van der Waals surface area contributed by atoms with E-state index in [0.717, 1.165) is 56.6 Å². The highest BCUT2D eigenvalue weighted by Gasteiger charge is 2.19. The van der Waals surface area contributed by atoms with Crippen molar-refractivity contribution in [3.05, 3.63) is 12.1 Å². The maximum Gasteiger partial charge on any atom is 0.149 e. The van der Waals surface area contributed by atoms with Gasteiger partial charge in [-0.15, -0.1) is 5.11 Å². The van der Waals surface area contributed by atoms with E-state index in [-0.39, 0.29) is 0 Å². The van der Waals surface area contributed by atoms with Crippen LogP contribution in [0.2, 0.25) is 0 Å². The Labute approximate surface area is 150 Å². The molecule has 0 amide bonds. The molecule has 140 valence electrons. The number of anilines is 1. The van der Waals surface area contributed by atoms with Gasteiger partial charge in [0.2, 0.25) is 0 Å². The first kappa shape index (κ1) is 19.3. The summed E-state index contributed by atoms with van der Waals surface area (Å²) < 4.78 is 17.1. The lowest BCUT2D eigenvalue weighted by Crippen LogP contribution is -2.36. The zero-order valence-electron chi connectivity index (χ0n) is 15.8. The molecule has 7 nitrogen and oxygen atoms in total. The standard InChI is InChI=1S/C18H30N4O3/c1-5-22(6-2)20-19-15-13-18(25-8-4)16(14-17(15)24-7-3)21-9-11-23-12-10-21/h13-14H,5-12H2,1-4H3. The Morgan fingerprint density at radius 2 is 1.64 bits per heavy atom. The van der Waals surface area contributed by atoms with E-state index in [1.165, 1.54) is 0 Å². The Balaban J connectivity index is 2.38. The summed E-state index contributed by atoms with van der Waals surface area (Å²) >= 11 is 0. The summed E-state index contributed by atoms with van der Waals surface area (Å²) in [5.41, 5.74) is 1.71. The minimum Gasteiger partial charge on any atom is -0.492 e. The smallest absolute Gasteiger partial charge is 0.149 e. The van der Waals surface area contributed by atoms with E-state index in [1.807, 2.05) is 31.0 Å². The van der Waals surface area contributed by atoms with Crippen molar-refractivity contribution in [2.45, 2.75) is 27.7 Å². The molecule has 0 N–H and O–H groups in total. The molecule has 7 heteroatoms. The van der Waals surface area contributed by atoms with Crippen LogP contribution in [0.1, 0.15) is 27.7 Å². The molecule has 0 radical (unpaired) electrons. The van der Waals surface area contributed by atoms with Gasteiger partial charge in [-0.1, -0.05) is 5.22 Å². The van der Waals surface area contributed by atoms with Crippen molar-refractivity contribution in [3.8, 4) is 11.5 Å². The minimum absolute atomic E-state index is 0.574. The van der Waals surface area contributed by atoms with E-state index < -0.39 is 0 Å². The molecule has 1 heterocycles.